The molecule has 0 N–H and O–H groups in total. The molecule has 0 aliphatic rings. The number of hydrogen-bond donors (Lipinski definition) is 0. The van der Waals surface area contributed by atoms with Crippen LogP contribution >= 0.6 is 0 Å². The summed E-state index contributed by atoms with van der Waals surface area (Å²) in [6.07, 6.45) is 3.44. The van der Waals surface area contributed by atoms with Crippen LogP contribution in [0.2, 0.25) is 0 Å². The predicted octanol–water partition coefficient (Wildman–Crippen LogP) is 2.52. The molecule has 0 spiro atoms. The van der Waals surface area contributed by atoms with Crippen molar-refractivity contribution < 1.29 is 9.32 Å². The van der Waals surface area contributed by atoms with Gasteiger partial charge in [-0.3, -0.25) is 9.78 Å². The first kappa shape index (κ1) is 13.3. The van der Waals surface area contributed by atoms with Crippen LogP contribution in [0.5, 0.6) is 0 Å². The van der Waals surface area contributed by atoms with Crippen LogP contribution in [-0.4, -0.2) is 28.0 Å². The Kier molecular flexibility index (Phi) is 3.64. The zero-order chi connectivity index (χ0) is 14.0. The van der Waals surface area contributed by atoms with E-state index in [-0.39, 0.29) is 11.9 Å². The molecule has 0 aromatic carbocycles. The average Bonchev–Trinajstić information content (AvgIpc) is 2.77. The van der Waals surface area contributed by atoms with Crippen molar-refractivity contribution in [2.24, 2.45) is 0 Å². The highest BCUT2D eigenvalue weighted by atomic mass is 16.5. The first-order valence-electron chi connectivity index (χ1n) is 6.12. The van der Waals surface area contributed by atoms with Gasteiger partial charge in [-0.1, -0.05) is 5.16 Å². The number of nitrogens with zero attached hydrogens (tertiary/aromatic N) is 3. The molecule has 0 saturated carbocycles. The summed E-state index contributed by atoms with van der Waals surface area (Å²) in [4.78, 5) is 18.1. The Hall–Kier alpha value is -2.17. The molecule has 0 radical (unpaired) electrons. The summed E-state index contributed by atoms with van der Waals surface area (Å²) >= 11 is 0. The molecule has 19 heavy (non-hydrogen) atoms. The van der Waals surface area contributed by atoms with Gasteiger partial charge < -0.3 is 9.42 Å². The minimum Gasteiger partial charge on any atom is -0.361 e. The number of aromatic nitrogens is 2. The third-order valence-corrected chi connectivity index (χ3v) is 3.34. The van der Waals surface area contributed by atoms with Gasteiger partial charge >= 0.3 is 0 Å². The Morgan fingerprint density at radius 3 is 2.47 bits per heavy atom. The molecule has 0 bridgehead atoms. The molecular formula is C14H17N3O2. The monoisotopic (exact) mass is 259 g/mol. The number of pyridine rings is 1. The highest BCUT2D eigenvalue weighted by Crippen LogP contribution is 2.22. The number of rotatable bonds is 3. The molecule has 0 aliphatic heterocycles. The molecule has 1 atom stereocenters. The lowest BCUT2D eigenvalue weighted by molar-refractivity contribution is 0.0740. The van der Waals surface area contributed by atoms with E-state index in [1.807, 2.05) is 19.1 Å². The zero-order valence-electron chi connectivity index (χ0n) is 11.5. The van der Waals surface area contributed by atoms with Crippen molar-refractivity contribution in [1.82, 2.24) is 15.0 Å². The smallest absolute Gasteiger partial charge is 0.259 e. The van der Waals surface area contributed by atoms with E-state index in [1.165, 1.54) is 0 Å². The maximum atomic E-state index is 12.5. The third kappa shape index (κ3) is 2.50. The number of aryl methyl sites for hydroxylation is 2. The summed E-state index contributed by atoms with van der Waals surface area (Å²) in [6.45, 7) is 5.50. The Morgan fingerprint density at radius 1 is 1.32 bits per heavy atom. The average molecular weight is 259 g/mol. The number of amides is 1. The Bertz CT molecular complexity index is 558. The third-order valence-electron chi connectivity index (χ3n) is 3.34. The van der Waals surface area contributed by atoms with Gasteiger partial charge in [0, 0.05) is 19.4 Å². The quantitative estimate of drug-likeness (QED) is 0.849. The van der Waals surface area contributed by atoms with Crippen LogP contribution in [0.15, 0.2) is 29.0 Å². The van der Waals surface area contributed by atoms with Crippen LogP contribution in [-0.2, 0) is 0 Å². The van der Waals surface area contributed by atoms with E-state index < -0.39 is 0 Å². The van der Waals surface area contributed by atoms with Crippen molar-refractivity contribution in [3.63, 3.8) is 0 Å². The molecule has 2 aromatic rings. The molecule has 0 fully saturated rings. The number of carbonyl (C=O) groups excluding carboxylic acids is 1. The SMILES string of the molecule is Cc1noc(C)c1C(=O)N(C)C(C)c1ccncc1. The fourth-order valence-electron chi connectivity index (χ4n) is 2.01. The second-order valence-electron chi connectivity index (χ2n) is 4.57. The van der Waals surface area contributed by atoms with E-state index in [4.69, 9.17) is 4.52 Å². The molecule has 0 aliphatic carbocycles. The maximum absolute atomic E-state index is 12.5. The van der Waals surface area contributed by atoms with E-state index in [2.05, 4.69) is 10.1 Å². The second kappa shape index (κ2) is 5.22. The second-order valence-corrected chi connectivity index (χ2v) is 4.57. The van der Waals surface area contributed by atoms with E-state index >= 15 is 0 Å². The largest absolute Gasteiger partial charge is 0.361 e. The molecule has 2 rings (SSSR count). The molecular weight excluding hydrogens is 242 g/mol. The molecule has 5 heteroatoms. The van der Waals surface area contributed by atoms with Crippen LogP contribution in [0, 0.1) is 13.8 Å². The van der Waals surface area contributed by atoms with E-state index in [9.17, 15) is 4.79 Å². The summed E-state index contributed by atoms with van der Waals surface area (Å²) in [5, 5.41) is 3.82. The van der Waals surface area contributed by atoms with Gasteiger partial charge in [0.15, 0.2) is 0 Å². The van der Waals surface area contributed by atoms with Crippen LogP contribution in [0.3, 0.4) is 0 Å². The lowest BCUT2D eigenvalue weighted by Crippen LogP contribution is -2.30. The fourth-order valence-corrected chi connectivity index (χ4v) is 2.01. The van der Waals surface area contributed by atoms with Gasteiger partial charge in [-0.05, 0) is 38.5 Å². The van der Waals surface area contributed by atoms with Crippen LogP contribution in [0.4, 0.5) is 0 Å². The van der Waals surface area contributed by atoms with Gasteiger partial charge in [-0.15, -0.1) is 0 Å². The van der Waals surface area contributed by atoms with Gasteiger partial charge in [-0.2, -0.15) is 0 Å². The Labute approximate surface area is 112 Å². The molecule has 2 aromatic heterocycles. The van der Waals surface area contributed by atoms with Crippen molar-refractivity contribution >= 4 is 5.91 Å². The summed E-state index contributed by atoms with van der Waals surface area (Å²) in [6, 6.07) is 3.77. The van der Waals surface area contributed by atoms with Gasteiger partial charge in [0.05, 0.1) is 11.7 Å². The van der Waals surface area contributed by atoms with Crippen molar-refractivity contribution in [3.8, 4) is 0 Å². The topological polar surface area (TPSA) is 59.2 Å². The lowest BCUT2D eigenvalue weighted by atomic mass is 10.1. The summed E-state index contributed by atoms with van der Waals surface area (Å²) in [5.74, 6) is 0.469. The van der Waals surface area contributed by atoms with Gasteiger partial charge in [0.1, 0.15) is 11.3 Å². The van der Waals surface area contributed by atoms with E-state index in [0.717, 1.165) is 5.56 Å². The van der Waals surface area contributed by atoms with E-state index in [0.29, 0.717) is 17.0 Å². The maximum Gasteiger partial charge on any atom is 0.259 e. The first-order valence-corrected chi connectivity index (χ1v) is 6.12. The highest BCUT2D eigenvalue weighted by Gasteiger charge is 2.24. The van der Waals surface area contributed by atoms with Crippen LogP contribution in [0.25, 0.3) is 0 Å². The minimum absolute atomic E-state index is 0.0378. The highest BCUT2D eigenvalue weighted by molar-refractivity contribution is 5.96. The number of carbonyl (C=O) groups is 1. The van der Waals surface area contributed by atoms with Gasteiger partial charge in [-0.25, -0.2) is 0 Å². The zero-order valence-corrected chi connectivity index (χ0v) is 11.5. The Morgan fingerprint density at radius 2 is 1.95 bits per heavy atom. The molecule has 100 valence electrons. The van der Waals surface area contributed by atoms with E-state index in [1.54, 1.807) is 38.2 Å². The van der Waals surface area contributed by atoms with Crippen molar-refractivity contribution in [2.45, 2.75) is 26.8 Å². The Balaban J connectivity index is 2.25. The molecule has 2 heterocycles. The van der Waals surface area contributed by atoms with Crippen LogP contribution in [0.1, 0.15) is 40.3 Å². The minimum atomic E-state index is -0.0828. The molecule has 1 unspecified atom stereocenters. The normalized spacial score (nSPS) is 12.2. The summed E-state index contributed by atoms with van der Waals surface area (Å²) < 4.78 is 5.04. The van der Waals surface area contributed by atoms with Crippen molar-refractivity contribution in [2.75, 3.05) is 7.05 Å². The van der Waals surface area contributed by atoms with Crippen molar-refractivity contribution in [3.05, 3.63) is 47.1 Å². The lowest BCUT2D eigenvalue weighted by Gasteiger charge is -2.25. The summed E-state index contributed by atoms with van der Waals surface area (Å²) in [7, 11) is 1.78. The van der Waals surface area contributed by atoms with Crippen LogP contribution < -0.4 is 0 Å². The van der Waals surface area contributed by atoms with Crippen molar-refractivity contribution in [1.29, 1.82) is 0 Å². The first-order chi connectivity index (χ1) is 9.02. The van der Waals surface area contributed by atoms with Gasteiger partial charge in [0.25, 0.3) is 5.91 Å². The predicted molar refractivity (Wildman–Crippen MR) is 70.7 cm³/mol. The molecule has 0 saturated heterocycles. The van der Waals surface area contributed by atoms with Gasteiger partial charge in [0.2, 0.25) is 0 Å². The molecule has 5 nitrogen and oxygen atoms in total. The fraction of sp³-hybridized carbons (Fsp3) is 0.357. The summed E-state index contributed by atoms with van der Waals surface area (Å²) in [5.41, 5.74) is 2.21. The standard InChI is InChI=1S/C14H17N3O2/c1-9-13(11(3)19-16-9)14(18)17(4)10(2)12-5-7-15-8-6-12/h5-8,10H,1-4H3. The number of hydrogen-bond acceptors (Lipinski definition) is 4. The molecule has 1 amide bonds.